The minimum absolute atomic E-state index is 0.0785. The van der Waals surface area contributed by atoms with E-state index in [-0.39, 0.29) is 6.04 Å². The van der Waals surface area contributed by atoms with E-state index in [2.05, 4.69) is 9.88 Å². The number of rotatable bonds is 6. The van der Waals surface area contributed by atoms with Gasteiger partial charge in [-0.15, -0.1) is 11.3 Å². The Hall–Kier alpha value is -0.650. The third kappa shape index (κ3) is 2.72. The van der Waals surface area contributed by atoms with E-state index in [1.54, 1.807) is 18.4 Å². The van der Waals surface area contributed by atoms with Crippen molar-refractivity contribution in [2.75, 3.05) is 25.2 Å². The predicted molar refractivity (Wildman–Crippen MR) is 67.0 cm³/mol. The lowest BCUT2D eigenvalue weighted by Gasteiger charge is -2.20. The van der Waals surface area contributed by atoms with Gasteiger partial charge in [-0.1, -0.05) is 0 Å². The van der Waals surface area contributed by atoms with Gasteiger partial charge >= 0.3 is 0 Å². The van der Waals surface area contributed by atoms with Gasteiger partial charge in [-0.05, 0) is 19.8 Å². The maximum absolute atomic E-state index is 5.85. The molecular weight excluding hydrogens is 222 g/mol. The van der Waals surface area contributed by atoms with Crippen molar-refractivity contribution in [1.29, 1.82) is 0 Å². The van der Waals surface area contributed by atoms with Crippen LogP contribution in [0.25, 0.3) is 0 Å². The van der Waals surface area contributed by atoms with Crippen LogP contribution in [-0.2, 0) is 4.74 Å². The zero-order chi connectivity index (χ0) is 11.5. The van der Waals surface area contributed by atoms with Gasteiger partial charge in [-0.2, -0.15) is 0 Å². The van der Waals surface area contributed by atoms with Gasteiger partial charge in [0.2, 0.25) is 0 Å². The van der Waals surface area contributed by atoms with Crippen molar-refractivity contribution in [3.05, 3.63) is 11.1 Å². The predicted octanol–water partition coefficient (Wildman–Crippen LogP) is 1.78. The number of hydrogen-bond acceptors (Lipinski definition) is 5. The molecule has 16 heavy (non-hydrogen) atoms. The number of thiazole rings is 1. The molecule has 0 aliphatic heterocycles. The lowest BCUT2D eigenvalue weighted by molar-refractivity contribution is 0.205. The van der Waals surface area contributed by atoms with Crippen LogP contribution < -0.4 is 10.6 Å². The van der Waals surface area contributed by atoms with Gasteiger partial charge in [0, 0.05) is 36.8 Å². The van der Waals surface area contributed by atoms with Crippen LogP contribution in [0.3, 0.4) is 0 Å². The SMILES string of the molecule is COCCN(c1ncc(C(C)N)s1)C1CC1. The number of methoxy groups -OCH3 is 1. The first kappa shape index (κ1) is 11.8. The van der Waals surface area contributed by atoms with Gasteiger partial charge in [0.15, 0.2) is 5.13 Å². The second kappa shape index (κ2) is 5.12. The minimum Gasteiger partial charge on any atom is -0.383 e. The summed E-state index contributed by atoms with van der Waals surface area (Å²) in [6.45, 7) is 3.67. The van der Waals surface area contributed by atoms with E-state index >= 15 is 0 Å². The second-order valence-corrected chi connectivity index (χ2v) is 5.29. The lowest BCUT2D eigenvalue weighted by Crippen LogP contribution is -2.29. The summed E-state index contributed by atoms with van der Waals surface area (Å²) >= 11 is 1.70. The van der Waals surface area contributed by atoms with E-state index in [4.69, 9.17) is 10.5 Å². The zero-order valence-electron chi connectivity index (χ0n) is 9.85. The van der Waals surface area contributed by atoms with E-state index < -0.39 is 0 Å². The Kier molecular flexibility index (Phi) is 3.78. The van der Waals surface area contributed by atoms with Crippen molar-refractivity contribution in [2.45, 2.75) is 31.8 Å². The van der Waals surface area contributed by atoms with E-state index in [1.165, 1.54) is 12.8 Å². The summed E-state index contributed by atoms with van der Waals surface area (Å²) in [4.78, 5) is 7.96. The van der Waals surface area contributed by atoms with E-state index in [0.29, 0.717) is 6.04 Å². The molecule has 0 spiro atoms. The zero-order valence-corrected chi connectivity index (χ0v) is 10.7. The molecule has 90 valence electrons. The fraction of sp³-hybridized carbons (Fsp3) is 0.727. The topological polar surface area (TPSA) is 51.4 Å². The molecule has 2 N–H and O–H groups in total. The first-order valence-electron chi connectivity index (χ1n) is 5.69. The van der Waals surface area contributed by atoms with Crippen molar-refractivity contribution >= 4 is 16.5 Å². The number of aromatic nitrogens is 1. The van der Waals surface area contributed by atoms with E-state index in [0.717, 1.165) is 23.2 Å². The third-order valence-corrected chi connectivity index (χ3v) is 3.97. The third-order valence-electron chi connectivity index (χ3n) is 2.73. The molecule has 1 aromatic rings. The molecule has 0 aromatic carbocycles. The molecule has 1 atom stereocenters. The molecule has 0 saturated heterocycles. The van der Waals surface area contributed by atoms with Crippen LogP contribution in [0.5, 0.6) is 0 Å². The normalized spacial score (nSPS) is 17.4. The Morgan fingerprint density at radius 1 is 1.69 bits per heavy atom. The van der Waals surface area contributed by atoms with Crippen molar-refractivity contribution in [3.8, 4) is 0 Å². The summed E-state index contributed by atoms with van der Waals surface area (Å²) in [6.07, 6.45) is 4.44. The van der Waals surface area contributed by atoms with E-state index in [1.807, 2.05) is 13.1 Å². The van der Waals surface area contributed by atoms with Crippen molar-refractivity contribution in [1.82, 2.24) is 4.98 Å². The molecule has 1 aliphatic carbocycles. The summed E-state index contributed by atoms with van der Waals surface area (Å²) in [6, 6.07) is 0.747. The number of hydrogen-bond donors (Lipinski definition) is 1. The van der Waals surface area contributed by atoms with Crippen molar-refractivity contribution in [2.24, 2.45) is 5.73 Å². The highest BCUT2D eigenvalue weighted by Gasteiger charge is 2.30. The highest BCUT2D eigenvalue weighted by molar-refractivity contribution is 7.15. The number of nitrogens with zero attached hydrogens (tertiary/aromatic N) is 2. The van der Waals surface area contributed by atoms with Crippen LogP contribution in [0.2, 0.25) is 0 Å². The van der Waals surface area contributed by atoms with Crippen LogP contribution in [-0.4, -0.2) is 31.3 Å². The summed E-state index contributed by atoms with van der Waals surface area (Å²) < 4.78 is 5.14. The molecule has 4 nitrogen and oxygen atoms in total. The van der Waals surface area contributed by atoms with Gasteiger partial charge in [-0.25, -0.2) is 4.98 Å². The highest BCUT2D eigenvalue weighted by atomic mass is 32.1. The quantitative estimate of drug-likeness (QED) is 0.825. The summed E-state index contributed by atoms with van der Waals surface area (Å²) in [5.41, 5.74) is 5.85. The summed E-state index contributed by atoms with van der Waals surface area (Å²) in [5, 5.41) is 1.09. The smallest absolute Gasteiger partial charge is 0.185 e. The summed E-state index contributed by atoms with van der Waals surface area (Å²) in [7, 11) is 1.74. The highest BCUT2D eigenvalue weighted by Crippen LogP contribution is 2.34. The fourth-order valence-electron chi connectivity index (χ4n) is 1.63. The Morgan fingerprint density at radius 2 is 2.44 bits per heavy atom. The number of ether oxygens (including phenoxy) is 1. The van der Waals surface area contributed by atoms with Crippen molar-refractivity contribution < 1.29 is 4.74 Å². The maximum Gasteiger partial charge on any atom is 0.185 e. The van der Waals surface area contributed by atoms with Crippen LogP contribution >= 0.6 is 11.3 Å². The molecule has 1 heterocycles. The average Bonchev–Trinajstić information content (AvgIpc) is 2.96. The van der Waals surface area contributed by atoms with Gasteiger partial charge in [0.1, 0.15) is 0 Å². The molecule has 1 fully saturated rings. The number of anilines is 1. The van der Waals surface area contributed by atoms with Gasteiger partial charge < -0.3 is 15.4 Å². The van der Waals surface area contributed by atoms with Crippen LogP contribution in [0.4, 0.5) is 5.13 Å². The van der Waals surface area contributed by atoms with Crippen molar-refractivity contribution in [3.63, 3.8) is 0 Å². The summed E-state index contributed by atoms with van der Waals surface area (Å²) in [5.74, 6) is 0. The van der Waals surface area contributed by atoms with Crippen LogP contribution in [0.15, 0.2) is 6.20 Å². The Bertz CT molecular complexity index is 336. The standard InChI is InChI=1S/C11H19N3OS/c1-8(12)10-7-13-11(16-10)14(5-6-15-2)9-3-4-9/h7-9H,3-6,12H2,1-2H3. The molecule has 1 unspecified atom stereocenters. The Morgan fingerprint density at radius 3 is 2.94 bits per heavy atom. The molecule has 2 rings (SSSR count). The molecule has 0 bridgehead atoms. The van der Waals surface area contributed by atoms with E-state index in [9.17, 15) is 0 Å². The first-order valence-corrected chi connectivity index (χ1v) is 6.51. The second-order valence-electron chi connectivity index (χ2n) is 4.25. The first-order chi connectivity index (χ1) is 7.72. The van der Waals surface area contributed by atoms with Gasteiger partial charge in [0.05, 0.1) is 6.61 Å². The molecule has 5 heteroatoms. The van der Waals surface area contributed by atoms with Gasteiger partial charge in [0.25, 0.3) is 0 Å². The lowest BCUT2D eigenvalue weighted by atomic mass is 10.3. The molecule has 0 amide bonds. The number of nitrogens with two attached hydrogens (primary N) is 1. The van der Waals surface area contributed by atoms with Gasteiger partial charge in [-0.3, -0.25) is 0 Å². The molecular formula is C11H19N3OS. The monoisotopic (exact) mass is 241 g/mol. The molecule has 0 radical (unpaired) electrons. The molecule has 1 aromatic heterocycles. The molecule has 1 saturated carbocycles. The minimum atomic E-state index is 0.0785. The fourth-order valence-corrected chi connectivity index (χ4v) is 2.60. The largest absolute Gasteiger partial charge is 0.383 e. The Labute approximate surface area is 100 Å². The molecule has 1 aliphatic rings. The average molecular weight is 241 g/mol. The maximum atomic E-state index is 5.85. The van der Waals surface area contributed by atoms with Crippen LogP contribution in [0, 0.1) is 0 Å². The van der Waals surface area contributed by atoms with Crippen LogP contribution in [0.1, 0.15) is 30.7 Å². The Balaban J connectivity index is 2.05.